The molecule has 0 fully saturated rings. The van der Waals surface area contributed by atoms with Crippen LogP contribution in [0.1, 0.15) is 28.4 Å². The Bertz CT molecular complexity index is 603. The van der Waals surface area contributed by atoms with Crippen molar-refractivity contribution in [3.63, 3.8) is 0 Å². The van der Waals surface area contributed by atoms with Gasteiger partial charge >= 0.3 is 0 Å². The van der Waals surface area contributed by atoms with Gasteiger partial charge in [-0.15, -0.1) is 0 Å². The first-order valence-corrected chi connectivity index (χ1v) is 5.52. The van der Waals surface area contributed by atoms with E-state index in [2.05, 4.69) is 12.1 Å². The topological polar surface area (TPSA) is 43.1 Å². The molecule has 1 aliphatic rings. The first-order valence-electron chi connectivity index (χ1n) is 5.52. The van der Waals surface area contributed by atoms with E-state index in [1.54, 1.807) is 6.92 Å². The fraction of sp³-hybridized carbons (Fsp3) is 0.214. The number of benzene rings is 2. The number of aryl methyl sites for hydroxylation is 2. The van der Waals surface area contributed by atoms with Crippen molar-refractivity contribution in [3.05, 3.63) is 41.0 Å². The lowest BCUT2D eigenvalue weighted by Crippen LogP contribution is -1.98. The lowest BCUT2D eigenvalue weighted by molar-refractivity contribution is 0.101. The molecule has 0 amide bonds. The number of anilines is 1. The fourth-order valence-corrected chi connectivity index (χ4v) is 2.65. The molecular formula is C14H13NO. The Hall–Kier alpha value is -1.83. The third kappa shape index (κ3) is 1.10. The first kappa shape index (κ1) is 9.40. The van der Waals surface area contributed by atoms with Crippen LogP contribution in [-0.4, -0.2) is 5.78 Å². The molecule has 16 heavy (non-hydrogen) atoms. The summed E-state index contributed by atoms with van der Waals surface area (Å²) in [6.07, 6.45) is 2.13. The number of carbonyl (C=O) groups is 1. The van der Waals surface area contributed by atoms with Gasteiger partial charge in [0.2, 0.25) is 0 Å². The van der Waals surface area contributed by atoms with Crippen LogP contribution in [0, 0.1) is 0 Å². The van der Waals surface area contributed by atoms with Crippen molar-refractivity contribution in [2.24, 2.45) is 0 Å². The zero-order chi connectivity index (χ0) is 11.3. The first-order chi connectivity index (χ1) is 7.68. The molecule has 80 valence electrons. The van der Waals surface area contributed by atoms with E-state index in [4.69, 9.17) is 5.73 Å². The van der Waals surface area contributed by atoms with Gasteiger partial charge in [0.05, 0.1) is 0 Å². The summed E-state index contributed by atoms with van der Waals surface area (Å²) >= 11 is 0. The summed E-state index contributed by atoms with van der Waals surface area (Å²) in [7, 11) is 0. The number of rotatable bonds is 1. The Balaban J connectivity index is 2.53. The molecule has 0 aliphatic heterocycles. The van der Waals surface area contributed by atoms with Gasteiger partial charge in [-0.1, -0.05) is 18.2 Å². The van der Waals surface area contributed by atoms with Gasteiger partial charge in [0.25, 0.3) is 0 Å². The third-order valence-electron chi connectivity index (χ3n) is 3.41. The van der Waals surface area contributed by atoms with E-state index in [9.17, 15) is 4.79 Å². The van der Waals surface area contributed by atoms with Crippen molar-refractivity contribution in [2.45, 2.75) is 19.8 Å². The minimum absolute atomic E-state index is 0.0855. The van der Waals surface area contributed by atoms with Crippen LogP contribution in [-0.2, 0) is 12.8 Å². The van der Waals surface area contributed by atoms with Crippen molar-refractivity contribution in [3.8, 4) is 0 Å². The summed E-state index contributed by atoms with van der Waals surface area (Å²) in [5, 5.41) is 2.17. The highest BCUT2D eigenvalue weighted by Gasteiger charge is 2.18. The van der Waals surface area contributed by atoms with E-state index < -0.39 is 0 Å². The van der Waals surface area contributed by atoms with Gasteiger partial charge in [-0.05, 0) is 42.3 Å². The van der Waals surface area contributed by atoms with Gasteiger partial charge in [0, 0.05) is 16.6 Å². The van der Waals surface area contributed by atoms with E-state index in [1.807, 2.05) is 12.1 Å². The number of ketones is 1. The Morgan fingerprint density at radius 1 is 1.06 bits per heavy atom. The summed E-state index contributed by atoms with van der Waals surface area (Å²) in [6.45, 7) is 1.60. The van der Waals surface area contributed by atoms with Crippen molar-refractivity contribution in [2.75, 3.05) is 5.73 Å². The van der Waals surface area contributed by atoms with Gasteiger partial charge in [-0.2, -0.15) is 0 Å². The second-order valence-electron chi connectivity index (χ2n) is 4.39. The van der Waals surface area contributed by atoms with Crippen LogP contribution < -0.4 is 5.73 Å². The summed E-state index contributed by atoms with van der Waals surface area (Å²) in [5.74, 6) is 0.0855. The van der Waals surface area contributed by atoms with E-state index in [-0.39, 0.29) is 5.78 Å². The predicted octanol–water partition coefficient (Wildman–Crippen LogP) is 2.72. The third-order valence-corrected chi connectivity index (χ3v) is 3.41. The molecule has 1 aliphatic carbocycles. The summed E-state index contributed by atoms with van der Waals surface area (Å²) in [5.41, 5.74) is 10.1. The zero-order valence-corrected chi connectivity index (χ0v) is 9.21. The number of Topliss-reactive ketones (excluding diaryl/α,β-unsaturated/α-hetero) is 1. The lowest BCUT2D eigenvalue weighted by atomic mass is 9.96. The maximum Gasteiger partial charge on any atom is 0.160 e. The maximum absolute atomic E-state index is 11.6. The smallest absolute Gasteiger partial charge is 0.160 e. The van der Waals surface area contributed by atoms with Gasteiger partial charge in [0.15, 0.2) is 5.78 Å². The van der Waals surface area contributed by atoms with Crippen molar-refractivity contribution in [1.29, 1.82) is 0 Å². The van der Waals surface area contributed by atoms with Crippen LogP contribution in [0.2, 0.25) is 0 Å². The molecule has 2 aromatic carbocycles. The molecule has 0 radical (unpaired) electrons. The number of nitrogen functional groups attached to an aromatic ring is 1. The summed E-state index contributed by atoms with van der Waals surface area (Å²) < 4.78 is 0. The average molecular weight is 211 g/mol. The zero-order valence-electron chi connectivity index (χ0n) is 9.21. The standard InChI is InChI=1S/C14H13NO/c1-8(16)11-6-4-9-2-3-10-5-7-12(15)14(11)13(9)10/h4-7H,2-3,15H2,1H3. The quantitative estimate of drug-likeness (QED) is 0.582. The molecule has 0 spiro atoms. The molecule has 0 saturated heterocycles. The summed E-state index contributed by atoms with van der Waals surface area (Å²) in [6, 6.07) is 7.97. The number of hydrogen-bond acceptors (Lipinski definition) is 2. The molecule has 0 atom stereocenters. The molecule has 0 unspecified atom stereocenters. The monoisotopic (exact) mass is 211 g/mol. The van der Waals surface area contributed by atoms with Crippen LogP contribution in [0.4, 0.5) is 5.69 Å². The Labute approximate surface area is 94.1 Å². The molecule has 2 aromatic rings. The second-order valence-corrected chi connectivity index (χ2v) is 4.39. The summed E-state index contributed by atoms with van der Waals surface area (Å²) in [4.78, 5) is 11.6. The molecule has 0 bridgehead atoms. The van der Waals surface area contributed by atoms with Crippen LogP contribution in [0.15, 0.2) is 24.3 Å². The highest BCUT2D eigenvalue weighted by Crippen LogP contribution is 2.36. The minimum Gasteiger partial charge on any atom is -0.398 e. The second kappa shape index (κ2) is 3.08. The van der Waals surface area contributed by atoms with E-state index in [0.29, 0.717) is 5.69 Å². The van der Waals surface area contributed by atoms with Gasteiger partial charge in [-0.25, -0.2) is 0 Å². The molecule has 3 rings (SSSR count). The molecule has 0 aromatic heterocycles. The minimum atomic E-state index is 0.0855. The molecule has 0 heterocycles. The van der Waals surface area contributed by atoms with E-state index >= 15 is 0 Å². The van der Waals surface area contributed by atoms with E-state index in [1.165, 1.54) is 16.5 Å². The van der Waals surface area contributed by atoms with Crippen LogP contribution in [0.5, 0.6) is 0 Å². The number of hydrogen-bond donors (Lipinski definition) is 1. The average Bonchev–Trinajstić information content (AvgIpc) is 2.67. The van der Waals surface area contributed by atoms with Crippen molar-refractivity contribution >= 4 is 22.2 Å². The normalized spacial score (nSPS) is 13.3. The van der Waals surface area contributed by atoms with Crippen LogP contribution >= 0.6 is 0 Å². The molecular weight excluding hydrogens is 198 g/mol. The highest BCUT2D eigenvalue weighted by atomic mass is 16.1. The van der Waals surface area contributed by atoms with Crippen LogP contribution in [0.3, 0.4) is 0 Å². The molecule has 0 saturated carbocycles. The largest absolute Gasteiger partial charge is 0.398 e. The Kier molecular flexibility index (Phi) is 1.81. The Morgan fingerprint density at radius 2 is 1.69 bits per heavy atom. The maximum atomic E-state index is 11.6. The van der Waals surface area contributed by atoms with Crippen molar-refractivity contribution < 1.29 is 4.79 Å². The molecule has 2 N–H and O–H groups in total. The Morgan fingerprint density at radius 3 is 2.31 bits per heavy atom. The highest BCUT2D eigenvalue weighted by molar-refractivity contribution is 6.13. The molecule has 2 heteroatoms. The predicted molar refractivity (Wildman–Crippen MR) is 65.8 cm³/mol. The molecule has 2 nitrogen and oxygen atoms in total. The van der Waals surface area contributed by atoms with Gasteiger partial charge in [-0.3, -0.25) is 4.79 Å². The van der Waals surface area contributed by atoms with E-state index in [0.717, 1.165) is 23.8 Å². The van der Waals surface area contributed by atoms with Crippen molar-refractivity contribution in [1.82, 2.24) is 0 Å². The SMILES string of the molecule is CC(=O)c1ccc2c3c(ccc(N)c13)CC2. The van der Waals surface area contributed by atoms with Crippen LogP contribution in [0.25, 0.3) is 10.8 Å². The number of nitrogens with two attached hydrogens (primary N) is 1. The number of carbonyl (C=O) groups excluding carboxylic acids is 1. The van der Waals surface area contributed by atoms with Gasteiger partial charge < -0.3 is 5.73 Å². The van der Waals surface area contributed by atoms with Gasteiger partial charge in [0.1, 0.15) is 0 Å². The lowest BCUT2D eigenvalue weighted by Gasteiger charge is -2.09. The fourth-order valence-electron chi connectivity index (χ4n) is 2.65.